The van der Waals surface area contributed by atoms with Crippen LogP contribution in [0.2, 0.25) is 0 Å². The largest absolute Gasteiger partial charge is 0.473 e. The standard InChI is InChI=1S/C22H20N8O/c23-14-15-4-1-11-27-22(15)31-16-7-12-29(13-8-16)30-20(17-5-2-9-25-19(17)24)28-18-6-3-10-26-21(18)30/h1-6,9-11,16H,7-8,12-13H2,(H2,24,25). The van der Waals surface area contributed by atoms with Crippen molar-refractivity contribution in [3.05, 3.63) is 60.6 Å². The van der Waals surface area contributed by atoms with E-state index >= 15 is 0 Å². The van der Waals surface area contributed by atoms with Crippen LogP contribution in [0.1, 0.15) is 18.4 Å². The lowest BCUT2D eigenvalue weighted by Crippen LogP contribution is -2.45. The van der Waals surface area contributed by atoms with Crippen LogP contribution < -0.4 is 15.5 Å². The molecule has 0 atom stereocenters. The summed E-state index contributed by atoms with van der Waals surface area (Å²) >= 11 is 0. The molecule has 1 saturated heterocycles. The molecule has 0 bridgehead atoms. The van der Waals surface area contributed by atoms with Crippen LogP contribution in [0.25, 0.3) is 22.6 Å². The topological polar surface area (TPSA) is 119 Å². The molecule has 0 aromatic carbocycles. The molecule has 9 nitrogen and oxygen atoms in total. The second kappa shape index (κ2) is 7.91. The second-order valence-electron chi connectivity index (χ2n) is 7.27. The maximum atomic E-state index is 9.27. The fourth-order valence-electron chi connectivity index (χ4n) is 3.84. The zero-order chi connectivity index (χ0) is 21.2. The third-order valence-corrected chi connectivity index (χ3v) is 5.34. The highest BCUT2D eigenvalue weighted by molar-refractivity contribution is 5.80. The van der Waals surface area contributed by atoms with Gasteiger partial charge >= 0.3 is 0 Å². The van der Waals surface area contributed by atoms with Gasteiger partial charge in [-0.15, -0.1) is 0 Å². The lowest BCUT2D eigenvalue weighted by Gasteiger charge is -2.34. The van der Waals surface area contributed by atoms with Gasteiger partial charge in [0.1, 0.15) is 29.1 Å². The summed E-state index contributed by atoms with van der Waals surface area (Å²) in [6.07, 6.45) is 6.59. The average molecular weight is 412 g/mol. The first kappa shape index (κ1) is 18.8. The second-order valence-corrected chi connectivity index (χ2v) is 7.27. The van der Waals surface area contributed by atoms with E-state index in [1.807, 2.05) is 28.9 Å². The van der Waals surface area contributed by atoms with Gasteiger partial charge in [0.25, 0.3) is 0 Å². The predicted molar refractivity (Wildman–Crippen MR) is 116 cm³/mol. The number of nitriles is 1. The molecule has 0 saturated carbocycles. The molecule has 154 valence electrons. The van der Waals surface area contributed by atoms with Crippen molar-refractivity contribution in [1.82, 2.24) is 24.6 Å². The van der Waals surface area contributed by atoms with Crippen molar-refractivity contribution in [3.8, 4) is 23.3 Å². The average Bonchev–Trinajstić information content (AvgIpc) is 3.19. The molecule has 2 N–H and O–H groups in total. The van der Waals surface area contributed by atoms with E-state index in [4.69, 9.17) is 15.5 Å². The number of aromatic nitrogens is 5. The molecule has 0 radical (unpaired) electrons. The number of hydrogen-bond donors (Lipinski definition) is 1. The molecule has 4 aromatic heterocycles. The summed E-state index contributed by atoms with van der Waals surface area (Å²) in [7, 11) is 0. The van der Waals surface area contributed by atoms with Gasteiger partial charge in [-0.25, -0.2) is 24.6 Å². The Morgan fingerprint density at radius 3 is 2.55 bits per heavy atom. The molecule has 9 heteroatoms. The number of pyridine rings is 3. The number of nitrogens with zero attached hydrogens (tertiary/aromatic N) is 7. The highest BCUT2D eigenvalue weighted by Gasteiger charge is 2.26. The molecule has 0 spiro atoms. The van der Waals surface area contributed by atoms with Crippen molar-refractivity contribution >= 4 is 17.0 Å². The van der Waals surface area contributed by atoms with Gasteiger partial charge in [-0.05, 0) is 36.4 Å². The van der Waals surface area contributed by atoms with E-state index in [0.29, 0.717) is 17.3 Å². The molecule has 1 aliphatic rings. The Bertz CT molecular complexity index is 1270. The third-order valence-electron chi connectivity index (χ3n) is 5.34. The number of nitrogens with two attached hydrogens (primary N) is 1. The van der Waals surface area contributed by atoms with Crippen molar-refractivity contribution in [1.29, 1.82) is 5.26 Å². The predicted octanol–water partition coefficient (Wildman–Crippen LogP) is 2.52. The smallest absolute Gasteiger partial charge is 0.231 e. The number of anilines is 1. The van der Waals surface area contributed by atoms with Crippen molar-refractivity contribution < 1.29 is 4.74 Å². The summed E-state index contributed by atoms with van der Waals surface area (Å²) in [5.41, 5.74) is 8.94. The van der Waals surface area contributed by atoms with Gasteiger partial charge in [-0.1, -0.05) is 0 Å². The van der Waals surface area contributed by atoms with Crippen LogP contribution in [0.3, 0.4) is 0 Å². The molecule has 1 fully saturated rings. The first-order valence-corrected chi connectivity index (χ1v) is 10.1. The lowest BCUT2D eigenvalue weighted by atomic mass is 10.1. The van der Waals surface area contributed by atoms with Crippen LogP contribution in [0, 0.1) is 11.3 Å². The van der Waals surface area contributed by atoms with Gasteiger partial charge < -0.3 is 15.5 Å². The fourth-order valence-corrected chi connectivity index (χ4v) is 3.84. The SMILES string of the molecule is N#Cc1cccnc1OC1CCN(n2c(-c3cccnc3N)nc3cccnc32)CC1. The maximum absolute atomic E-state index is 9.27. The normalized spacial score (nSPS) is 14.5. The van der Waals surface area contributed by atoms with Crippen molar-refractivity contribution in [2.24, 2.45) is 0 Å². The van der Waals surface area contributed by atoms with Gasteiger partial charge in [0.15, 0.2) is 11.5 Å². The lowest BCUT2D eigenvalue weighted by molar-refractivity contribution is 0.156. The monoisotopic (exact) mass is 412 g/mol. The highest BCUT2D eigenvalue weighted by atomic mass is 16.5. The molecule has 4 aromatic rings. The number of nitrogen functional groups attached to an aromatic ring is 1. The quantitative estimate of drug-likeness (QED) is 0.543. The van der Waals surface area contributed by atoms with E-state index in [9.17, 15) is 5.26 Å². The van der Waals surface area contributed by atoms with Crippen molar-refractivity contribution in [2.75, 3.05) is 23.8 Å². The zero-order valence-corrected chi connectivity index (χ0v) is 16.7. The Morgan fingerprint density at radius 1 is 1.00 bits per heavy atom. The van der Waals surface area contributed by atoms with Gasteiger partial charge in [-0.2, -0.15) is 5.26 Å². The molecule has 31 heavy (non-hydrogen) atoms. The first-order valence-electron chi connectivity index (χ1n) is 10.1. The summed E-state index contributed by atoms with van der Waals surface area (Å²) in [5, 5.41) is 11.5. The Morgan fingerprint density at radius 2 is 1.74 bits per heavy atom. The number of imidazole rings is 1. The van der Waals surface area contributed by atoms with Gasteiger partial charge in [0, 0.05) is 44.5 Å². The first-order chi connectivity index (χ1) is 15.2. The summed E-state index contributed by atoms with van der Waals surface area (Å²) in [4.78, 5) is 17.8. The van der Waals surface area contributed by atoms with Crippen molar-refractivity contribution in [2.45, 2.75) is 18.9 Å². The minimum Gasteiger partial charge on any atom is -0.473 e. The van der Waals surface area contributed by atoms with Crippen molar-refractivity contribution in [3.63, 3.8) is 0 Å². The van der Waals surface area contributed by atoms with E-state index in [1.54, 1.807) is 30.7 Å². The molecular weight excluding hydrogens is 392 g/mol. The summed E-state index contributed by atoms with van der Waals surface area (Å²) in [5.74, 6) is 1.54. The zero-order valence-electron chi connectivity index (χ0n) is 16.7. The summed E-state index contributed by atoms with van der Waals surface area (Å²) in [6.45, 7) is 1.46. The number of ether oxygens (including phenoxy) is 1. The Balaban J connectivity index is 1.43. The van der Waals surface area contributed by atoms with Gasteiger partial charge in [-0.3, -0.25) is 0 Å². The number of rotatable bonds is 4. The molecule has 5 rings (SSSR count). The van der Waals surface area contributed by atoms with E-state index < -0.39 is 0 Å². The van der Waals surface area contributed by atoms with Crippen LogP contribution in [-0.2, 0) is 0 Å². The Labute approximate surface area is 178 Å². The highest BCUT2D eigenvalue weighted by Crippen LogP contribution is 2.29. The van der Waals surface area contributed by atoms with Crippen LogP contribution in [0.5, 0.6) is 5.88 Å². The van der Waals surface area contributed by atoms with Gasteiger partial charge in [0.2, 0.25) is 5.88 Å². The third kappa shape index (κ3) is 3.48. The molecule has 5 heterocycles. The minimum atomic E-state index is -0.0205. The van der Waals surface area contributed by atoms with E-state index in [-0.39, 0.29) is 6.10 Å². The Hall–Kier alpha value is -4.19. The van der Waals surface area contributed by atoms with E-state index in [2.05, 4.69) is 26.0 Å². The van der Waals surface area contributed by atoms with Crippen LogP contribution >= 0.6 is 0 Å². The van der Waals surface area contributed by atoms with Crippen LogP contribution in [0.15, 0.2) is 55.0 Å². The Kier molecular flexibility index (Phi) is 4.80. The van der Waals surface area contributed by atoms with E-state index in [1.165, 1.54) is 0 Å². The number of fused-ring (bicyclic) bond motifs is 1. The summed E-state index contributed by atoms with van der Waals surface area (Å²) in [6, 6.07) is 13.2. The van der Waals surface area contributed by atoms with E-state index in [0.717, 1.165) is 48.5 Å². The molecule has 0 unspecified atom stereocenters. The maximum Gasteiger partial charge on any atom is 0.231 e. The number of hydrogen-bond acceptors (Lipinski definition) is 8. The molecule has 0 amide bonds. The van der Waals surface area contributed by atoms with Crippen LogP contribution in [-0.4, -0.2) is 43.8 Å². The number of piperidine rings is 1. The van der Waals surface area contributed by atoms with Crippen LogP contribution in [0.4, 0.5) is 5.82 Å². The van der Waals surface area contributed by atoms with Gasteiger partial charge in [0.05, 0.1) is 5.56 Å². The fraction of sp³-hybridized carbons (Fsp3) is 0.227. The molecule has 1 aliphatic heterocycles. The summed E-state index contributed by atoms with van der Waals surface area (Å²) < 4.78 is 8.06. The molecular formula is C22H20N8O. The molecule has 0 aliphatic carbocycles. The minimum absolute atomic E-state index is 0.0205.